The smallest absolute Gasteiger partial charge is 0.225 e. The number of anilines is 2. The van der Waals surface area contributed by atoms with Gasteiger partial charge < -0.3 is 15.4 Å². The van der Waals surface area contributed by atoms with Gasteiger partial charge in [-0.3, -0.25) is 0 Å². The highest BCUT2D eigenvalue weighted by molar-refractivity contribution is 5.64. The van der Waals surface area contributed by atoms with Gasteiger partial charge in [0.15, 0.2) is 0 Å². The van der Waals surface area contributed by atoms with Crippen molar-refractivity contribution in [2.45, 2.75) is 26.3 Å². The Balaban J connectivity index is 2.21. The van der Waals surface area contributed by atoms with E-state index in [0.29, 0.717) is 5.95 Å². The average molecular weight is 300 g/mol. The zero-order valence-electron chi connectivity index (χ0n) is 13.5. The van der Waals surface area contributed by atoms with Crippen molar-refractivity contribution in [2.24, 2.45) is 0 Å². The van der Waals surface area contributed by atoms with Crippen molar-refractivity contribution in [3.8, 4) is 11.3 Å². The number of hydrogen-bond acceptors (Lipinski definition) is 5. The van der Waals surface area contributed by atoms with Crippen molar-refractivity contribution in [1.82, 2.24) is 9.97 Å². The first-order chi connectivity index (χ1) is 10.7. The zero-order valence-corrected chi connectivity index (χ0v) is 13.5. The van der Waals surface area contributed by atoms with E-state index in [9.17, 15) is 0 Å². The van der Waals surface area contributed by atoms with E-state index in [4.69, 9.17) is 4.74 Å². The Labute approximate surface area is 132 Å². The van der Waals surface area contributed by atoms with E-state index in [0.717, 1.165) is 36.6 Å². The first kappa shape index (κ1) is 16.2. The van der Waals surface area contributed by atoms with Gasteiger partial charge in [0.25, 0.3) is 0 Å². The molecule has 0 fully saturated rings. The normalized spacial score (nSPS) is 10.7. The minimum Gasteiger partial charge on any atom is -0.385 e. The summed E-state index contributed by atoms with van der Waals surface area (Å²) in [6, 6.07) is 12.4. The van der Waals surface area contributed by atoms with E-state index < -0.39 is 0 Å². The number of ether oxygens (including phenoxy) is 1. The third kappa shape index (κ3) is 5.00. The molecule has 0 saturated heterocycles. The van der Waals surface area contributed by atoms with Crippen LogP contribution in [-0.2, 0) is 4.74 Å². The Morgan fingerprint density at radius 1 is 1.14 bits per heavy atom. The lowest BCUT2D eigenvalue weighted by atomic mass is 10.1. The predicted octanol–water partition coefficient (Wildman–Crippen LogP) is 3.41. The van der Waals surface area contributed by atoms with Gasteiger partial charge >= 0.3 is 0 Å². The molecule has 0 bridgehead atoms. The van der Waals surface area contributed by atoms with Gasteiger partial charge in [0.1, 0.15) is 5.82 Å². The highest BCUT2D eigenvalue weighted by Crippen LogP contribution is 2.21. The van der Waals surface area contributed by atoms with E-state index in [1.165, 1.54) is 0 Å². The van der Waals surface area contributed by atoms with Crippen LogP contribution in [0, 0.1) is 0 Å². The molecule has 0 aliphatic rings. The lowest BCUT2D eigenvalue weighted by molar-refractivity contribution is 0.198. The zero-order chi connectivity index (χ0) is 15.8. The number of nitrogens with one attached hydrogen (secondary N) is 2. The molecule has 0 aliphatic carbocycles. The molecule has 0 spiro atoms. The Kier molecular flexibility index (Phi) is 6.15. The second-order valence-corrected chi connectivity index (χ2v) is 5.40. The van der Waals surface area contributed by atoms with Crippen LogP contribution in [0.4, 0.5) is 11.8 Å². The topological polar surface area (TPSA) is 59.1 Å². The quantitative estimate of drug-likeness (QED) is 0.732. The molecule has 0 unspecified atom stereocenters. The average Bonchev–Trinajstić information content (AvgIpc) is 2.52. The van der Waals surface area contributed by atoms with Gasteiger partial charge in [0, 0.05) is 37.9 Å². The van der Waals surface area contributed by atoms with Gasteiger partial charge in [-0.15, -0.1) is 0 Å². The van der Waals surface area contributed by atoms with Gasteiger partial charge in [-0.1, -0.05) is 30.3 Å². The molecule has 0 radical (unpaired) electrons. The van der Waals surface area contributed by atoms with Crippen molar-refractivity contribution >= 4 is 11.8 Å². The van der Waals surface area contributed by atoms with E-state index >= 15 is 0 Å². The van der Waals surface area contributed by atoms with Gasteiger partial charge in [0.05, 0.1) is 5.69 Å². The van der Waals surface area contributed by atoms with Crippen LogP contribution >= 0.6 is 0 Å². The van der Waals surface area contributed by atoms with E-state index in [2.05, 4.69) is 46.6 Å². The molecule has 1 heterocycles. The summed E-state index contributed by atoms with van der Waals surface area (Å²) in [7, 11) is 1.71. The maximum absolute atomic E-state index is 5.06. The largest absolute Gasteiger partial charge is 0.385 e. The van der Waals surface area contributed by atoms with Gasteiger partial charge in [0.2, 0.25) is 5.95 Å². The van der Waals surface area contributed by atoms with Crippen LogP contribution in [0.15, 0.2) is 36.4 Å². The third-order valence-corrected chi connectivity index (χ3v) is 3.04. The lowest BCUT2D eigenvalue weighted by Gasteiger charge is -2.13. The highest BCUT2D eigenvalue weighted by Gasteiger charge is 2.07. The first-order valence-corrected chi connectivity index (χ1v) is 7.63. The van der Waals surface area contributed by atoms with Crippen LogP contribution < -0.4 is 10.6 Å². The summed E-state index contributed by atoms with van der Waals surface area (Å²) in [4.78, 5) is 9.12. The number of methoxy groups -OCH3 is 1. The minimum atomic E-state index is 0.285. The second kappa shape index (κ2) is 8.34. The van der Waals surface area contributed by atoms with E-state index in [1.54, 1.807) is 7.11 Å². The standard InChI is InChI=1S/C17H24N4O/c1-13(2)19-17-20-15(14-8-5-4-6-9-14)12-16(21-17)18-10-7-11-22-3/h4-6,8-9,12-13H,7,10-11H2,1-3H3,(H2,18,19,20,21). The Bertz CT molecular complexity index is 572. The van der Waals surface area contributed by atoms with Crippen molar-refractivity contribution in [3.63, 3.8) is 0 Å². The maximum Gasteiger partial charge on any atom is 0.225 e. The van der Waals surface area contributed by atoms with Crippen molar-refractivity contribution in [1.29, 1.82) is 0 Å². The van der Waals surface area contributed by atoms with Crippen LogP contribution in [0.25, 0.3) is 11.3 Å². The van der Waals surface area contributed by atoms with Gasteiger partial charge in [-0.2, -0.15) is 4.98 Å². The summed E-state index contributed by atoms with van der Waals surface area (Å²) in [6.45, 7) is 5.70. The lowest BCUT2D eigenvalue weighted by Crippen LogP contribution is -2.14. The van der Waals surface area contributed by atoms with Gasteiger partial charge in [-0.05, 0) is 20.3 Å². The Hall–Kier alpha value is -2.14. The molecule has 0 amide bonds. The molecule has 0 aliphatic heterocycles. The minimum absolute atomic E-state index is 0.285. The van der Waals surface area contributed by atoms with Crippen LogP contribution in [0.5, 0.6) is 0 Å². The number of rotatable bonds is 8. The fourth-order valence-corrected chi connectivity index (χ4v) is 2.05. The van der Waals surface area contributed by atoms with Crippen LogP contribution in [0.2, 0.25) is 0 Å². The van der Waals surface area contributed by atoms with Crippen molar-refractivity contribution in [3.05, 3.63) is 36.4 Å². The summed E-state index contributed by atoms with van der Waals surface area (Å²) in [5, 5.41) is 6.60. The monoisotopic (exact) mass is 300 g/mol. The number of nitrogens with zero attached hydrogens (tertiary/aromatic N) is 2. The predicted molar refractivity (Wildman–Crippen MR) is 91.2 cm³/mol. The molecule has 2 rings (SSSR count). The highest BCUT2D eigenvalue weighted by atomic mass is 16.5. The summed E-state index contributed by atoms with van der Waals surface area (Å²) in [5.41, 5.74) is 1.99. The van der Waals surface area contributed by atoms with E-state index in [-0.39, 0.29) is 6.04 Å². The fourth-order valence-electron chi connectivity index (χ4n) is 2.05. The molecule has 1 aromatic heterocycles. The van der Waals surface area contributed by atoms with E-state index in [1.807, 2.05) is 24.3 Å². The summed E-state index contributed by atoms with van der Waals surface area (Å²) >= 11 is 0. The Morgan fingerprint density at radius 3 is 2.59 bits per heavy atom. The molecular weight excluding hydrogens is 276 g/mol. The fraction of sp³-hybridized carbons (Fsp3) is 0.412. The third-order valence-electron chi connectivity index (χ3n) is 3.04. The maximum atomic E-state index is 5.06. The molecule has 5 nitrogen and oxygen atoms in total. The molecule has 2 aromatic rings. The SMILES string of the molecule is COCCCNc1cc(-c2ccccc2)nc(NC(C)C)n1. The molecule has 5 heteroatoms. The molecule has 0 saturated carbocycles. The second-order valence-electron chi connectivity index (χ2n) is 5.40. The number of aromatic nitrogens is 2. The number of hydrogen-bond donors (Lipinski definition) is 2. The van der Waals surface area contributed by atoms with Crippen LogP contribution in [-0.4, -0.2) is 36.3 Å². The van der Waals surface area contributed by atoms with Crippen molar-refractivity contribution < 1.29 is 4.74 Å². The summed E-state index contributed by atoms with van der Waals surface area (Å²) in [6.07, 6.45) is 0.939. The van der Waals surface area contributed by atoms with Crippen LogP contribution in [0.3, 0.4) is 0 Å². The van der Waals surface area contributed by atoms with Crippen LogP contribution in [0.1, 0.15) is 20.3 Å². The molecule has 2 N–H and O–H groups in total. The molecule has 22 heavy (non-hydrogen) atoms. The molecular formula is C17H24N4O. The molecule has 1 aromatic carbocycles. The first-order valence-electron chi connectivity index (χ1n) is 7.63. The molecule has 0 atom stereocenters. The Morgan fingerprint density at radius 2 is 1.91 bits per heavy atom. The summed E-state index contributed by atoms with van der Waals surface area (Å²) in [5.74, 6) is 1.47. The van der Waals surface area contributed by atoms with Crippen molar-refractivity contribution in [2.75, 3.05) is 30.9 Å². The molecule has 118 valence electrons. The summed E-state index contributed by atoms with van der Waals surface area (Å²) < 4.78 is 5.06. The van der Waals surface area contributed by atoms with Gasteiger partial charge in [-0.25, -0.2) is 4.98 Å². The number of benzene rings is 1.